The van der Waals surface area contributed by atoms with Crippen LogP contribution in [0.25, 0.3) is 0 Å². The zero-order valence-corrected chi connectivity index (χ0v) is 10.3. The summed E-state index contributed by atoms with van der Waals surface area (Å²) in [5.41, 5.74) is 6.78. The third kappa shape index (κ3) is 3.18. The minimum Gasteiger partial charge on any atom is -0.383 e. The Morgan fingerprint density at radius 3 is 2.94 bits per heavy atom. The lowest BCUT2D eigenvalue weighted by Gasteiger charge is -2.27. The van der Waals surface area contributed by atoms with E-state index in [-0.39, 0.29) is 0 Å². The van der Waals surface area contributed by atoms with Gasteiger partial charge >= 0.3 is 0 Å². The Morgan fingerprint density at radius 2 is 2.31 bits per heavy atom. The Hall–Kier alpha value is -1.13. The van der Waals surface area contributed by atoms with Crippen LogP contribution in [0.2, 0.25) is 0 Å². The number of hydrogen-bond donors (Lipinski definition) is 1. The molecule has 1 aromatic heterocycles. The van der Waals surface area contributed by atoms with Gasteiger partial charge in [0.1, 0.15) is 5.82 Å². The molecule has 2 N–H and O–H groups in total. The lowest BCUT2D eigenvalue weighted by atomic mass is 10.1. The minimum atomic E-state index is 0.302. The number of pyridine rings is 1. The van der Waals surface area contributed by atoms with Crippen LogP contribution in [0.5, 0.6) is 0 Å². The molecule has 4 nitrogen and oxygen atoms in total. The second kappa shape index (κ2) is 6.45. The second-order valence-corrected chi connectivity index (χ2v) is 3.94. The normalized spacial score (nSPS) is 12.5. The van der Waals surface area contributed by atoms with E-state index in [1.54, 1.807) is 7.11 Å². The molecule has 0 aliphatic rings. The van der Waals surface area contributed by atoms with Crippen molar-refractivity contribution in [3.05, 3.63) is 23.9 Å². The average molecular weight is 223 g/mol. The van der Waals surface area contributed by atoms with E-state index in [1.807, 2.05) is 19.3 Å². The molecule has 0 amide bonds. The number of rotatable bonds is 6. The summed E-state index contributed by atoms with van der Waals surface area (Å²) in [6.45, 7) is 3.45. The third-order valence-corrected chi connectivity index (χ3v) is 2.68. The fourth-order valence-electron chi connectivity index (χ4n) is 1.66. The van der Waals surface area contributed by atoms with Crippen molar-refractivity contribution >= 4 is 5.82 Å². The molecule has 0 aliphatic heterocycles. The van der Waals surface area contributed by atoms with Crippen molar-refractivity contribution in [1.82, 2.24) is 4.98 Å². The summed E-state index contributed by atoms with van der Waals surface area (Å²) < 4.78 is 5.15. The van der Waals surface area contributed by atoms with E-state index in [0.717, 1.165) is 12.2 Å². The van der Waals surface area contributed by atoms with Gasteiger partial charge in [-0.2, -0.15) is 0 Å². The summed E-state index contributed by atoms with van der Waals surface area (Å²) >= 11 is 0. The Balaban J connectivity index is 2.84. The minimum absolute atomic E-state index is 0.302. The molecule has 0 spiro atoms. The van der Waals surface area contributed by atoms with E-state index in [4.69, 9.17) is 10.5 Å². The molecule has 90 valence electrons. The molecule has 16 heavy (non-hydrogen) atoms. The number of likely N-dealkylation sites (N-methyl/N-ethyl adjacent to an activating group) is 1. The molecule has 1 heterocycles. The van der Waals surface area contributed by atoms with Crippen molar-refractivity contribution in [3.63, 3.8) is 0 Å². The molecule has 0 aromatic carbocycles. The van der Waals surface area contributed by atoms with Gasteiger partial charge in [-0.15, -0.1) is 0 Å². The van der Waals surface area contributed by atoms with Gasteiger partial charge in [-0.1, -0.05) is 6.07 Å². The molecular weight excluding hydrogens is 202 g/mol. The Labute approximate surface area is 97.4 Å². The number of nitrogens with two attached hydrogens (primary N) is 1. The molecule has 0 radical (unpaired) electrons. The first-order valence-electron chi connectivity index (χ1n) is 5.56. The van der Waals surface area contributed by atoms with Crippen molar-refractivity contribution in [3.8, 4) is 0 Å². The molecular formula is C12H21N3O. The van der Waals surface area contributed by atoms with Gasteiger partial charge in [0.2, 0.25) is 0 Å². The summed E-state index contributed by atoms with van der Waals surface area (Å²) in [6.07, 6.45) is 2.67. The molecule has 0 saturated heterocycles. The van der Waals surface area contributed by atoms with Crippen LogP contribution in [0, 0.1) is 0 Å². The van der Waals surface area contributed by atoms with Crippen LogP contribution in [0.15, 0.2) is 18.3 Å². The standard InChI is InChI=1S/C12H21N3O/c1-10(9-16-3)15(2)12-11(6-7-13)5-4-8-14-12/h4-5,8,10H,6-7,9,13H2,1-3H3. The van der Waals surface area contributed by atoms with Crippen LogP contribution in [0.1, 0.15) is 12.5 Å². The summed E-state index contributed by atoms with van der Waals surface area (Å²) in [5.74, 6) is 0.998. The van der Waals surface area contributed by atoms with Crippen LogP contribution in [-0.4, -0.2) is 38.3 Å². The largest absolute Gasteiger partial charge is 0.383 e. The van der Waals surface area contributed by atoms with Crippen molar-refractivity contribution in [2.75, 3.05) is 32.2 Å². The molecule has 1 aromatic rings. The zero-order chi connectivity index (χ0) is 12.0. The Bertz CT molecular complexity index is 317. The number of anilines is 1. The monoisotopic (exact) mass is 223 g/mol. The van der Waals surface area contributed by atoms with Crippen LogP contribution < -0.4 is 10.6 Å². The van der Waals surface area contributed by atoms with Gasteiger partial charge in [0.15, 0.2) is 0 Å². The van der Waals surface area contributed by atoms with Gasteiger partial charge in [-0.3, -0.25) is 0 Å². The lowest BCUT2D eigenvalue weighted by molar-refractivity contribution is 0.183. The van der Waals surface area contributed by atoms with Crippen molar-refractivity contribution in [1.29, 1.82) is 0 Å². The third-order valence-electron chi connectivity index (χ3n) is 2.68. The van der Waals surface area contributed by atoms with Gasteiger partial charge in [0, 0.05) is 20.4 Å². The van der Waals surface area contributed by atoms with E-state index < -0.39 is 0 Å². The molecule has 1 atom stereocenters. The molecule has 1 unspecified atom stereocenters. The number of methoxy groups -OCH3 is 1. The highest BCUT2D eigenvalue weighted by atomic mass is 16.5. The molecule has 1 rings (SSSR count). The topological polar surface area (TPSA) is 51.4 Å². The number of hydrogen-bond acceptors (Lipinski definition) is 4. The van der Waals surface area contributed by atoms with E-state index >= 15 is 0 Å². The maximum Gasteiger partial charge on any atom is 0.131 e. The SMILES string of the molecule is COCC(C)N(C)c1ncccc1CCN. The summed E-state index contributed by atoms with van der Waals surface area (Å²) in [5, 5.41) is 0. The highest BCUT2D eigenvalue weighted by molar-refractivity contribution is 5.47. The van der Waals surface area contributed by atoms with E-state index in [1.165, 1.54) is 5.56 Å². The van der Waals surface area contributed by atoms with E-state index in [0.29, 0.717) is 19.2 Å². The maximum absolute atomic E-state index is 5.59. The first-order valence-corrected chi connectivity index (χ1v) is 5.56. The lowest BCUT2D eigenvalue weighted by Crippen LogP contribution is -2.34. The average Bonchev–Trinajstić information content (AvgIpc) is 2.29. The summed E-state index contributed by atoms with van der Waals surface area (Å²) in [6, 6.07) is 4.32. The van der Waals surface area contributed by atoms with Gasteiger partial charge in [0.25, 0.3) is 0 Å². The summed E-state index contributed by atoms with van der Waals surface area (Å²) in [4.78, 5) is 6.55. The van der Waals surface area contributed by atoms with Gasteiger partial charge in [0.05, 0.1) is 12.6 Å². The highest BCUT2D eigenvalue weighted by Gasteiger charge is 2.13. The quantitative estimate of drug-likeness (QED) is 0.783. The second-order valence-electron chi connectivity index (χ2n) is 3.94. The smallest absolute Gasteiger partial charge is 0.131 e. The van der Waals surface area contributed by atoms with Crippen molar-refractivity contribution in [2.45, 2.75) is 19.4 Å². The fraction of sp³-hybridized carbons (Fsp3) is 0.583. The van der Waals surface area contributed by atoms with Crippen molar-refractivity contribution < 1.29 is 4.74 Å². The zero-order valence-electron chi connectivity index (χ0n) is 10.3. The van der Waals surface area contributed by atoms with Crippen LogP contribution in [-0.2, 0) is 11.2 Å². The molecule has 0 saturated carbocycles. The van der Waals surface area contributed by atoms with Crippen LogP contribution >= 0.6 is 0 Å². The Morgan fingerprint density at radius 1 is 1.56 bits per heavy atom. The van der Waals surface area contributed by atoms with Crippen LogP contribution in [0.3, 0.4) is 0 Å². The Kier molecular flexibility index (Phi) is 5.22. The summed E-state index contributed by atoms with van der Waals surface area (Å²) in [7, 11) is 3.75. The fourth-order valence-corrected chi connectivity index (χ4v) is 1.66. The van der Waals surface area contributed by atoms with Gasteiger partial charge in [-0.05, 0) is 31.5 Å². The first kappa shape index (κ1) is 12.9. The maximum atomic E-state index is 5.59. The first-order chi connectivity index (χ1) is 7.70. The van der Waals surface area contributed by atoms with Crippen LogP contribution in [0.4, 0.5) is 5.82 Å². The number of ether oxygens (including phenoxy) is 1. The number of nitrogens with zero attached hydrogens (tertiary/aromatic N) is 2. The predicted octanol–water partition coefficient (Wildman–Crippen LogP) is 1.05. The molecule has 0 bridgehead atoms. The van der Waals surface area contributed by atoms with Crippen molar-refractivity contribution in [2.24, 2.45) is 5.73 Å². The van der Waals surface area contributed by atoms with E-state index in [9.17, 15) is 0 Å². The number of aromatic nitrogens is 1. The molecule has 0 aliphatic carbocycles. The molecule has 4 heteroatoms. The van der Waals surface area contributed by atoms with Gasteiger partial charge < -0.3 is 15.4 Å². The van der Waals surface area contributed by atoms with Gasteiger partial charge in [-0.25, -0.2) is 4.98 Å². The predicted molar refractivity (Wildman–Crippen MR) is 66.7 cm³/mol. The molecule has 0 fully saturated rings. The van der Waals surface area contributed by atoms with E-state index in [2.05, 4.69) is 22.9 Å². The highest BCUT2D eigenvalue weighted by Crippen LogP contribution is 2.18.